The lowest BCUT2D eigenvalue weighted by atomic mass is 9.96. The lowest BCUT2D eigenvalue weighted by Gasteiger charge is -2.32. The van der Waals surface area contributed by atoms with Crippen molar-refractivity contribution < 1.29 is 22.7 Å². The monoisotopic (exact) mass is 437 g/mol. The number of sulfonamides is 1. The molecule has 0 aromatic heterocycles. The Kier molecular flexibility index (Phi) is 7.49. The summed E-state index contributed by atoms with van der Waals surface area (Å²) < 4.78 is 32.6. The fourth-order valence-electron chi connectivity index (χ4n) is 3.87. The number of carbonyl (C=O) groups excluding carboxylic acids is 2. The largest absolute Gasteiger partial charge is 0.379 e. The van der Waals surface area contributed by atoms with Gasteiger partial charge in [0.2, 0.25) is 15.9 Å². The molecule has 3 rings (SSSR count). The van der Waals surface area contributed by atoms with Crippen LogP contribution in [-0.4, -0.2) is 75.4 Å². The standard InChI is InChI=1S/C21H31N3O5S/c1-3-8-22-20(25)17-5-4-9-23(15-17)21(26)19-14-18(7-6-16(19)2)30(27,28)24-10-12-29-13-11-24/h6-7,14,17H,3-5,8-13,15H2,1-2H3,(H,22,25). The van der Waals surface area contributed by atoms with Crippen LogP contribution < -0.4 is 5.32 Å². The highest BCUT2D eigenvalue weighted by molar-refractivity contribution is 7.89. The van der Waals surface area contributed by atoms with E-state index in [1.54, 1.807) is 24.0 Å². The highest BCUT2D eigenvalue weighted by atomic mass is 32.2. The number of amides is 2. The summed E-state index contributed by atoms with van der Waals surface area (Å²) in [7, 11) is -3.68. The maximum Gasteiger partial charge on any atom is 0.254 e. The second kappa shape index (κ2) is 9.89. The van der Waals surface area contributed by atoms with Crippen LogP contribution in [0.3, 0.4) is 0 Å². The predicted molar refractivity (Wildman–Crippen MR) is 113 cm³/mol. The minimum atomic E-state index is -3.68. The maximum absolute atomic E-state index is 13.2. The second-order valence-electron chi connectivity index (χ2n) is 7.87. The van der Waals surface area contributed by atoms with Gasteiger partial charge in [-0.2, -0.15) is 4.31 Å². The molecule has 0 saturated carbocycles. The van der Waals surface area contributed by atoms with Crippen LogP contribution in [0.4, 0.5) is 0 Å². The Morgan fingerprint density at radius 3 is 2.63 bits per heavy atom. The summed E-state index contributed by atoms with van der Waals surface area (Å²) in [4.78, 5) is 27.4. The Morgan fingerprint density at radius 1 is 1.20 bits per heavy atom. The molecule has 2 heterocycles. The Bertz CT molecular complexity index is 881. The van der Waals surface area contributed by atoms with Crippen molar-refractivity contribution in [1.29, 1.82) is 0 Å². The molecule has 1 aromatic carbocycles. The number of nitrogens with one attached hydrogen (secondary N) is 1. The Balaban J connectivity index is 1.78. The summed E-state index contributed by atoms with van der Waals surface area (Å²) in [5, 5.41) is 2.91. The molecule has 1 aromatic rings. The van der Waals surface area contributed by atoms with Crippen molar-refractivity contribution in [2.24, 2.45) is 5.92 Å². The van der Waals surface area contributed by atoms with Crippen molar-refractivity contribution in [2.45, 2.75) is 38.0 Å². The molecule has 0 radical (unpaired) electrons. The van der Waals surface area contributed by atoms with E-state index in [2.05, 4.69) is 5.32 Å². The van der Waals surface area contributed by atoms with E-state index >= 15 is 0 Å². The Labute approximate surface area is 178 Å². The number of morpholine rings is 1. The molecule has 2 fully saturated rings. The lowest BCUT2D eigenvalue weighted by Crippen LogP contribution is -2.45. The van der Waals surface area contributed by atoms with Crippen molar-refractivity contribution in [2.75, 3.05) is 45.9 Å². The van der Waals surface area contributed by atoms with Gasteiger partial charge in [-0.05, 0) is 43.9 Å². The van der Waals surface area contributed by atoms with E-state index < -0.39 is 10.0 Å². The number of rotatable bonds is 6. The number of ether oxygens (including phenoxy) is 1. The lowest BCUT2D eigenvalue weighted by molar-refractivity contribution is -0.126. The zero-order valence-electron chi connectivity index (χ0n) is 17.7. The molecule has 2 saturated heterocycles. The van der Waals surface area contributed by atoms with Gasteiger partial charge in [0.15, 0.2) is 0 Å². The molecule has 1 unspecified atom stereocenters. The van der Waals surface area contributed by atoms with Gasteiger partial charge >= 0.3 is 0 Å². The van der Waals surface area contributed by atoms with Crippen LogP contribution in [0.15, 0.2) is 23.1 Å². The van der Waals surface area contributed by atoms with E-state index in [9.17, 15) is 18.0 Å². The molecule has 8 nitrogen and oxygen atoms in total. The van der Waals surface area contributed by atoms with Gasteiger partial charge in [-0.3, -0.25) is 9.59 Å². The van der Waals surface area contributed by atoms with Crippen LogP contribution in [0, 0.1) is 12.8 Å². The van der Waals surface area contributed by atoms with Gasteiger partial charge in [-0.25, -0.2) is 8.42 Å². The first-order valence-corrected chi connectivity index (χ1v) is 12.0. The van der Waals surface area contributed by atoms with Gasteiger partial charge in [0.25, 0.3) is 5.91 Å². The van der Waals surface area contributed by atoms with Crippen molar-refractivity contribution in [1.82, 2.24) is 14.5 Å². The highest BCUT2D eigenvalue weighted by Gasteiger charge is 2.31. The van der Waals surface area contributed by atoms with Gasteiger partial charge in [0.05, 0.1) is 24.0 Å². The first-order valence-electron chi connectivity index (χ1n) is 10.6. The molecule has 0 spiro atoms. The SMILES string of the molecule is CCCNC(=O)C1CCCN(C(=O)c2cc(S(=O)(=O)N3CCOCC3)ccc2C)C1. The first kappa shape index (κ1) is 22.7. The van der Waals surface area contributed by atoms with Crippen molar-refractivity contribution in [3.8, 4) is 0 Å². The summed E-state index contributed by atoms with van der Waals surface area (Å²) in [6, 6.07) is 4.70. The minimum absolute atomic E-state index is 0.0188. The molecule has 166 valence electrons. The summed E-state index contributed by atoms with van der Waals surface area (Å²) in [5.74, 6) is -0.468. The van der Waals surface area contributed by atoms with E-state index in [4.69, 9.17) is 4.74 Å². The molecule has 30 heavy (non-hydrogen) atoms. The average molecular weight is 438 g/mol. The molecule has 1 N–H and O–H groups in total. The van der Waals surface area contributed by atoms with Crippen LogP contribution in [-0.2, 0) is 19.6 Å². The third-order valence-corrected chi connectivity index (χ3v) is 7.57. The van der Waals surface area contributed by atoms with Crippen LogP contribution in [0.1, 0.15) is 42.1 Å². The van der Waals surface area contributed by atoms with Gasteiger partial charge in [0.1, 0.15) is 0 Å². The number of hydrogen-bond acceptors (Lipinski definition) is 5. The van der Waals surface area contributed by atoms with E-state index in [0.29, 0.717) is 51.5 Å². The molecular weight excluding hydrogens is 406 g/mol. The number of aryl methyl sites for hydroxylation is 1. The molecule has 2 amide bonds. The van der Waals surface area contributed by atoms with Crippen molar-refractivity contribution in [3.63, 3.8) is 0 Å². The Morgan fingerprint density at radius 2 is 1.93 bits per heavy atom. The smallest absolute Gasteiger partial charge is 0.254 e. The average Bonchev–Trinajstić information content (AvgIpc) is 2.77. The molecule has 0 aliphatic carbocycles. The number of nitrogens with zero attached hydrogens (tertiary/aromatic N) is 2. The van der Waals surface area contributed by atoms with E-state index in [-0.39, 0.29) is 22.6 Å². The highest BCUT2D eigenvalue weighted by Crippen LogP contribution is 2.24. The normalized spacial score (nSPS) is 20.7. The number of piperidine rings is 1. The van der Waals surface area contributed by atoms with E-state index in [0.717, 1.165) is 24.8 Å². The Hall–Kier alpha value is -1.97. The fourth-order valence-corrected chi connectivity index (χ4v) is 5.30. The topological polar surface area (TPSA) is 96.0 Å². The van der Waals surface area contributed by atoms with Gasteiger partial charge in [0, 0.05) is 38.3 Å². The summed E-state index contributed by atoms with van der Waals surface area (Å²) in [6.45, 7) is 6.69. The molecule has 2 aliphatic rings. The zero-order valence-corrected chi connectivity index (χ0v) is 18.5. The third-order valence-electron chi connectivity index (χ3n) is 5.68. The van der Waals surface area contributed by atoms with Gasteiger partial charge < -0.3 is 15.0 Å². The molecule has 9 heteroatoms. The number of benzene rings is 1. The quantitative estimate of drug-likeness (QED) is 0.726. The zero-order chi connectivity index (χ0) is 21.7. The first-order chi connectivity index (χ1) is 14.3. The molecule has 0 bridgehead atoms. The van der Waals surface area contributed by atoms with Gasteiger partial charge in [-0.15, -0.1) is 0 Å². The molecular formula is C21H31N3O5S. The van der Waals surface area contributed by atoms with E-state index in [1.807, 2.05) is 6.92 Å². The molecule has 1 atom stereocenters. The van der Waals surface area contributed by atoms with Crippen LogP contribution in [0.2, 0.25) is 0 Å². The van der Waals surface area contributed by atoms with Crippen LogP contribution in [0.25, 0.3) is 0 Å². The summed E-state index contributed by atoms with van der Waals surface area (Å²) >= 11 is 0. The number of hydrogen-bond donors (Lipinski definition) is 1. The van der Waals surface area contributed by atoms with Crippen LogP contribution in [0.5, 0.6) is 0 Å². The minimum Gasteiger partial charge on any atom is -0.379 e. The van der Waals surface area contributed by atoms with E-state index in [1.165, 1.54) is 10.4 Å². The predicted octanol–water partition coefficient (Wildman–Crippen LogP) is 1.39. The fraction of sp³-hybridized carbons (Fsp3) is 0.619. The van der Waals surface area contributed by atoms with Crippen molar-refractivity contribution in [3.05, 3.63) is 29.3 Å². The summed E-state index contributed by atoms with van der Waals surface area (Å²) in [5.41, 5.74) is 1.09. The van der Waals surface area contributed by atoms with Crippen molar-refractivity contribution >= 4 is 21.8 Å². The van der Waals surface area contributed by atoms with Crippen LogP contribution >= 0.6 is 0 Å². The van der Waals surface area contributed by atoms with Gasteiger partial charge in [-0.1, -0.05) is 13.0 Å². The second-order valence-corrected chi connectivity index (χ2v) is 9.81. The third kappa shape index (κ3) is 5.01. The number of likely N-dealkylation sites (tertiary alicyclic amines) is 1. The maximum atomic E-state index is 13.2. The summed E-state index contributed by atoms with van der Waals surface area (Å²) in [6.07, 6.45) is 2.37. The number of carbonyl (C=O) groups is 2. The molecule has 2 aliphatic heterocycles.